The Morgan fingerprint density at radius 1 is 1.47 bits per heavy atom. The number of rotatable bonds is 2. The van der Waals surface area contributed by atoms with Crippen molar-refractivity contribution < 1.29 is 13.2 Å². The van der Waals surface area contributed by atoms with E-state index in [9.17, 15) is 13.2 Å². The van der Waals surface area contributed by atoms with E-state index in [1.54, 1.807) is 4.90 Å². The van der Waals surface area contributed by atoms with Gasteiger partial charge in [0.05, 0.1) is 11.0 Å². The first-order valence-electron chi connectivity index (χ1n) is 5.24. The average Bonchev–Trinajstić information content (AvgIpc) is 2.58. The van der Waals surface area contributed by atoms with Gasteiger partial charge in [0.15, 0.2) is 9.84 Å². The zero-order valence-corrected chi connectivity index (χ0v) is 9.37. The molecule has 2 atom stereocenters. The summed E-state index contributed by atoms with van der Waals surface area (Å²) in [7, 11) is -2.95. The Morgan fingerprint density at radius 3 is 2.67 bits per heavy atom. The maximum atomic E-state index is 11.6. The first-order valence-corrected chi connectivity index (χ1v) is 6.95. The van der Waals surface area contributed by atoms with E-state index in [4.69, 9.17) is 5.73 Å². The lowest BCUT2D eigenvalue weighted by atomic mass is 10.2. The van der Waals surface area contributed by atoms with Crippen LogP contribution in [0.2, 0.25) is 0 Å². The molecule has 2 aliphatic rings. The van der Waals surface area contributed by atoms with E-state index in [1.807, 2.05) is 0 Å². The van der Waals surface area contributed by atoms with Gasteiger partial charge in [-0.1, -0.05) is 0 Å². The van der Waals surface area contributed by atoms with E-state index >= 15 is 0 Å². The topological polar surface area (TPSA) is 80.5 Å². The Kier molecular flexibility index (Phi) is 2.72. The van der Waals surface area contributed by atoms with E-state index in [0.717, 1.165) is 6.42 Å². The highest BCUT2D eigenvalue weighted by Gasteiger charge is 2.36. The second-order valence-electron chi connectivity index (χ2n) is 4.39. The number of sulfone groups is 1. The van der Waals surface area contributed by atoms with Crippen molar-refractivity contribution in [3.8, 4) is 0 Å². The molecule has 0 aliphatic carbocycles. The molecular formula is C9H16N2O3S. The van der Waals surface area contributed by atoms with Crippen molar-refractivity contribution in [2.24, 2.45) is 5.73 Å². The molecule has 6 heteroatoms. The molecule has 2 unspecified atom stereocenters. The second-order valence-corrected chi connectivity index (χ2v) is 6.79. The zero-order valence-electron chi connectivity index (χ0n) is 8.55. The van der Waals surface area contributed by atoms with E-state index in [0.29, 0.717) is 25.9 Å². The highest BCUT2D eigenvalue weighted by Crippen LogP contribution is 2.22. The number of likely N-dealkylation sites (tertiary alicyclic amines) is 1. The normalized spacial score (nSPS) is 35.0. The molecular weight excluding hydrogens is 216 g/mol. The second kappa shape index (κ2) is 3.75. The molecule has 1 amide bonds. The van der Waals surface area contributed by atoms with Crippen LogP contribution in [0.15, 0.2) is 0 Å². The molecule has 2 N–H and O–H groups in total. The molecule has 2 rings (SSSR count). The van der Waals surface area contributed by atoms with E-state index in [-0.39, 0.29) is 23.0 Å². The highest BCUT2D eigenvalue weighted by molar-refractivity contribution is 7.92. The fourth-order valence-corrected chi connectivity index (χ4v) is 4.12. The van der Waals surface area contributed by atoms with Crippen molar-refractivity contribution in [2.75, 3.05) is 18.8 Å². The molecule has 0 aromatic carbocycles. The van der Waals surface area contributed by atoms with Crippen LogP contribution in [0.5, 0.6) is 0 Å². The van der Waals surface area contributed by atoms with Crippen molar-refractivity contribution in [1.82, 2.24) is 4.90 Å². The Hall–Kier alpha value is -0.620. The van der Waals surface area contributed by atoms with Gasteiger partial charge in [-0.15, -0.1) is 0 Å². The third kappa shape index (κ3) is 2.15. The van der Waals surface area contributed by atoms with Gasteiger partial charge < -0.3 is 10.6 Å². The minimum atomic E-state index is -2.95. The minimum Gasteiger partial charge on any atom is -0.340 e. The summed E-state index contributed by atoms with van der Waals surface area (Å²) in [4.78, 5) is 13.0. The summed E-state index contributed by atoms with van der Waals surface area (Å²) in [6, 6.07) is -0.124. The Morgan fingerprint density at radius 2 is 2.20 bits per heavy atom. The number of nitrogens with two attached hydrogens (primary N) is 1. The lowest BCUT2D eigenvalue weighted by molar-refractivity contribution is -0.127. The fraction of sp³-hybridized carbons (Fsp3) is 0.889. The SMILES string of the molecule is NC1CC(=O)N(CC2CCCS2(=O)=O)C1. The minimum absolute atomic E-state index is 0.00963. The number of hydrogen-bond acceptors (Lipinski definition) is 4. The monoisotopic (exact) mass is 232 g/mol. The van der Waals surface area contributed by atoms with Crippen molar-refractivity contribution in [3.05, 3.63) is 0 Å². The van der Waals surface area contributed by atoms with Crippen molar-refractivity contribution in [2.45, 2.75) is 30.6 Å². The quantitative estimate of drug-likeness (QED) is 0.670. The van der Waals surface area contributed by atoms with Crippen LogP contribution in [-0.4, -0.2) is 49.4 Å². The van der Waals surface area contributed by atoms with Crippen LogP contribution in [-0.2, 0) is 14.6 Å². The first-order chi connectivity index (χ1) is 6.99. The predicted octanol–water partition coefficient (Wildman–Crippen LogP) is -0.877. The smallest absolute Gasteiger partial charge is 0.224 e. The van der Waals surface area contributed by atoms with Gasteiger partial charge in [0.1, 0.15) is 0 Å². The lowest BCUT2D eigenvalue weighted by Crippen LogP contribution is -2.37. The van der Waals surface area contributed by atoms with Crippen LogP contribution in [0.3, 0.4) is 0 Å². The average molecular weight is 232 g/mol. The number of carbonyl (C=O) groups is 1. The van der Waals surface area contributed by atoms with Crippen LogP contribution < -0.4 is 5.73 Å². The largest absolute Gasteiger partial charge is 0.340 e. The fourth-order valence-electron chi connectivity index (χ4n) is 2.29. The molecule has 2 saturated heterocycles. The van der Waals surface area contributed by atoms with Crippen LogP contribution >= 0.6 is 0 Å². The maximum absolute atomic E-state index is 11.6. The van der Waals surface area contributed by atoms with Gasteiger partial charge in [-0.25, -0.2) is 8.42 Å². The van der Waals surface area contributed by atoms with Crippen LogP contribution in [0.4, 0.5) is 0 Å². The number of nitrogens with zero attached hydrogens (tertiary/aromatic N) is 1. The third-order valence-corrected chi connectivity index (χ3v) is 5.39. The van der Waals surface area contributed by atoms with Crippen molar-refractivity contribution >= 4 is 15.7 Å². The summed E-state index contributed by atoms with van der Waals surface area (Å²) in [5.74, 6) is 0.260. The van der Waals surface area contributed by atoms with E-state index in [1.165, 1.54) is 0 Å². The molecule has 0 aromatic rings. The lowest BCUT2D eigenvalue weighted by Gasteiger charge is -2.19. The van der Waals surface area contributed by atoms with Gasteiger partial charge in [0, 0.05) is 25.6 Å². The molecule has 0 saturated carbocycles. The summed E-state index contributed by atoms with van der Waals surface area (Å²) < 4.78 is 23.1. The Labute approximate surface area is 89.5 Å². The van der Waals surface area contributed by atoms with Gasteiger partial charge in [-0.2, -0.15) is 0 Å². The Bertz CT molecular complexity index is 366. The standard InChI is InChI=1S/C9H16N2O3S/c10-7-4-9(12)11(5-7)6-8-2-1-3-15(8,13)14/h7-8H,1-6,10H2. The van der Waals surface area contributed by atoms with Crippen LogP contribution in [0, 0.1) is 0 Å². The third-order valence-electron chi connectivity index (χ3n) is 3.13. The van der Waals surface area contributed by atoms with Gasteiger partial charge >= 0.3 is 0 Å². The van der Waals surface area contributed by atoms with Crippen molar-refractivity contribution in [1.29, 1.82) is 0 Å². The summed E-state index contributed by atoms with van der Waals surface area (Å²) in [5, 5.41) is -0.355. The molecule has 2 aliphatic heterocycles. The van der Waals surface area contributed by atoms with Gasteiger partial charge in [-0.05, 0) is 12.8 Å². The van der Waals surface area contributed by atoms with E-state index < -0.39 is 9.84 Å². The summed E-state index contributed by atoms with van der Waals surface area (Å²) in [6.07, 6.45) is 1.76. The molecule has 86 valence electrons. The summed E-state index contributed by atoms with van der Waals surface area (Å²) >= 11 is 0. The highest BCUT2D eigenvalue weighted by atomic mass is 32.2. The first kappa shape index (κ1) is 10.9. The number of carbonyl (C=O) groups excluding carboxylic acids is 1. The zero-order chi connectivity index (χ0) is 11.1. The number of hydrogen-bond donors (Lipinski definition) is 1. The summed E-state index contributed by atoms with van der Waals surface area (Å²) in [6.45, 7) is 0.847. The summed E-state index contributed by atoms with van der Waals surface area (Å²) in [5.41, 5.74) is 5.65. The number of amides is 1. The van der Waals surface area contributed by atoms with Crippen molar-refractivity contribution in [3.63, 3.8) is 0 Å². The molecule has 0 radical (unpaired) electrons. The van der Waals surface area contributed by atoms with E-state index in [2.05, 4.69) is 0 Å². The van der Waals surface area contributed by atoms with Gasteiger partial charge in [0.2, 0.25) is 5.91 Å². The molecule has 2 fully saturated rings. The molecule has 0 aromatic heterocycles. The van der Waals surface area contributed by atoms with Gasteiger partial charge in [-0.3, -0.25) is 4.79 Å². The molecule has 0 bridgehead atoms. The van der Waals surface area contributed by atoms with Gasteiger partial charge in [0.25, 0.3) is 0 Å². The Balaban J connectivity index is 2.01. The predicted molar refractivity (Wildman–Crippen MR) is 56.0 cm³/mol. The molecule has 0 spiro atoms. The maximum Gasteiger partial charge on any atom is 0.224 e. The van der Waals surface area contributed by atoms with Crippen LogP contribution in [0.25, 0.3) is 0 Å². The molecule has 15 heavy (non-hydrogen) atoms. The molecule has 5 nitrogen and oxygen atoms in total. The molecule has 2 heterocycles. The van der Waals surface area contributed by atoms with Crippen LogP contribution in [0.1, 0.15) is 19.3 Å².